The number of thiophene rings is 1. The molecule has 1 saturated heterocycles. The lowest BCUT2D eigenvalue weighted by Gasteiger charge is -2.24. The van der Waals surface area contributed by atoms with Crippen LogP contribution in [0.5, 0.6) is 0 Å². The van der Waals surface area contributed by atoms with Gasteiger partial charge in [0.15, 0.2) is 5.82 Å². The summed E-state index contributed by atoms with van der Waals surface area (Å²) in [7, 11) is 0. The van der Waals surface area contributed by atoms with Gasteiger partial charge in [-0.25, -0.2) is 4.39 Å². The van der Waals surface area contributed by atoms with Crippen LogP contribution in [-0.4, -0.2) is 22.3 Å². The SMILES string of the molecule is O=C(c1ccncc1F)N1CCCC1c1ccsc1. The third kappa shape index (κ3) is 2.26. The van der Waals surface area contributed by atoms with Gasteiger partial charge in [0.1, 0.15) is 0 Å². The predicted molar refractivity (Wildman–Crippen MR) is 71.5 cm³/mol. The Hall–Kier alpha value is -1.75. The Morgan fingerprint density at radius 1 is 1.47 bits per heavy atom. The fourth-order valence-corrected chi connectivity index (χ4v) is 3.23. The van der Waals surface area contributed by atoms with Gasteiger partial charge in [-0.05, 0) is 41.3 Å². The second-order valence-electron chi connectivity index (χ2n) is 4.57. The van der Waals surface area contributed by atoms with Crippen molar-refractivity contribution in [1.29, 1.82) is 0 Å². The molecule has 2 aromatic heterocycles. The van der Waals surface area contributed by atoms with Gasteiger partial charge in [-0.15, -0.1) is 0 Å². The first-order chi connectivity index (χ1) is 9.27. The van der Waals surface area contributed by atoms with E-state index in [9.17, 15) is 9.18 Å². The Bertz CT molecular complexity index is 585. The van der Waals surface area contributed by atoms with E-state index in [-0.39, 0.29) is 17.5 Å². The first-order valence-corrected chi connectivity index (χ1v) is 7.14. The number of aromatic nitrogens is 1. The number of amides is 1. The summed E-state index contributed by atoms with van der Waals surface area (Å²) >= 11 is 1.62. The molecular formula is C14H13FN2OS. The second kappa shape index (κ2) is 5.09. The molecule has 0 aliphatic carbocycles. The molecule has 0 aromatic carbocycles. The highest BCUT2D eigenvalue weighted by Crippen LogP contribution is 2.34. The monoisotopic (exact) mass is 276 g/mol. The quantitative estimate of drug-likeness (QED) is 0.843. The van der Waals surface area contributed by atoms with E-state index in [2.05, 4.69) is 10.4 Å². The molecule has 1 atom stereocenters. The summed E-state index contributed by atoms with van der Waals surface area (Å²) in [4.78, 5) is 17.9. The molecular weight excluding hydrogens is 263 g/mol. The molecule has 0 spiro atoms. The number of carbonyl (C=O) groups is 1. The van der Waals surface area contributed by atoms with E-state index in [1.54, 1.807) is 16.2 Å². The molecule has 1 aliphatic rings. The van der Waals surface area contributed by atoms with Crippen LogP contribution in [-0.2, 0) is 0 Å². The number of carbonyl (C=O) groups excluding carboxylic acids is 1. The highest BCUT2D eigenvalue weighted by Gasteiger charge is 2.31. The summed E-state index contributed by atoms with van der Waals surface area (Å²) < 4.78 is 13.7. The van der Waals surface area contributed by atoms with Crippen LogP contribution in [0.15, 0.2) is 35.3 Å². The molecule has 3 heterocycles. The van der Waals surface area contributed by atoms with Crippen LogP contribution in [0, 0.1) is 5.82 Å². The van der Waals surface area contributed by atoms with E-state index in [4.69, 9.17) is 0 Å². The molecule has 0 saturated carbocycles. The highest BCUT2D eigenvalue weighted by molar-refractivity contribution is 7.07. The summed E-state index contributed by atoms with van der Waals surface area (Å²) in [5.41, 5.74) is 1.25. The van der Waals surface area contributed by atoms with Crippen molar-refractivity contribution in [3.8, 4) is 0 Å². The highest BCUT2D eigenvalue weighted by atomic mass is 32.1. The molecule has 2 aromatic rings. The number of nitrogens with zero attached hydrogens (tertiary/aromatic N) is 2. The lowest BCUT2D eigenvalue weighted by Crippen LogP contribution is -2.31. The summed E-state index contributed by atoms with van der Waals surface area (Å²) in [5, 5.41) is 4.06. The van der Waals surface area contributed by atoms with Gasteiger partial charge >= 0.3 is 0 Å². The van der Waals surface area contributed by atoms with Crippen molar-refractivity contribution >= 4 is 17.2 Å². The van der Waals surface area contributed by atoms with Crippen molar-refractivity contribution in [2.24, 2.45) is 0 Å². The molecule has 98 valence electrons. The average molecular weight is 276 g/mol. The van der Waals surface area contributed by atoms with Crippen molar-refractivity contribution in [3.63, 3.8) is 0 Å². The van der Waals surface area contributed by atoms with Gasteiger partial charge in [0.25, 0.3) is 5.91 Å². The normalized spacial score (nSPS) is 18.8. The fourth-order valence-electron chi connectivity index (χ4n) is 2.52. The van der Waals surface area contributed by atoms with Crippen molar-refractivity contribution < 1.29 is 9.18 Å². The summed E-state index contributed by atoms with van der Waals surface area (Å²) in [5.74, 6) is -0.794. The summed E-state index contributed by atoms with van der Waals surface area (Å²) in [6.45, 7) is 0.682. The second-order valence-corrected chi connectivity index (χ2v) is 5.35. The molecule has 3 rings (SSSR count). The molecule has 1 aliphatic heterocycles. The zero-order valence-corrected chi connectivity index (χ0v) is 11.1. The van der Waals surface area contributed by atoms with Crippen molar-refractivity contribution in [3.05, 3.63) is 52.2 Å². The van der Waals surface area contributed by atoms with Crippen LogP contribution < -0.4 is 0 Å². The van der Waals surface area contributed by atoms with Gasteiger partial charge in [0, 0.05) is 12.7 Å². The van der Waals surface area contributed by atoms with Gasteiger partial charge in [-0.2, -0.15) is 11.3 Å². The lowest BCUT2D eigenvalue weighted by atomic mass is 10.1. The fraction of sp³-hybridized carbons (Fsp3) is 0.286. The van der Waals surface area contributed by atoms with Crippen LogP contribution >= 0.6 is 11.3 Å². The van der Waals surface area contributed by atoms with Gasteiger partial charge in [-0.3, -0.25) is 9.78 Å². The van der Waals surface area contributed by atoms with Crippen LogP contribution in [0.1, 0.15) is 34.8 Å². The molecule has 1 fully saturated rings. The number of halogens is 1. The maximum Gasteiger partial charge on any atom is 0.257 e. The van der Waals surface area contributed by atoms with Gasteiger partial charge < -0.3 is 4.90 Å². The van der Waals surface area contributed by atoms with E-state index in [0.717, 1.165) is 24.6 Å². The van der Waals surface area contributed by atoms with Gasteiger partial charge in [0.2, 0.25) is 0 Å². The smallest absolute Gasteiger partial charge is 0.257 e. The summed E-state index contributed by atoms with van der Waals surface area (Å²) in [6, 6.07) is 3.55. The Balaban J connectivity index is 1.89. The first kappa shape index (κ1) is 12.3. The van der Waals surface area contributed by atoms with Crippen LogP contribution in [0.25, 0.3) is 0 Å². The predicted octanol–water partition coefficient (Wildman–Crippen LogP) is 3.26. The van der Waals surface area contributed by atoms with E-state index >= 15 is 0 Å². The molecule has 0 N–H and O–H groups in total. The van der Waals surface area contributed by atoms with E-state index < -0.39 is 5.82 Å². The number of likely N-dealkylation sites (tertiary alicyclic amines) is 1. The first-order valence-electron chi connectivity index (χ1n) is 6.20. The lowest BCUT2D eigenvalue weighted by molar-refractivity contribution is 0.0731. The number of hydrogen-bond donors (Lipinski definition) is 0. The largest absolute Gasteiger partial charge is 0.331 e. The Morgan fingerprint density at radius 2 is 2.37 bits per heavy atom. The Kier molecular flexibility index (Phi) is 3.29. The van der Waals surface area contributed by atoms with Gasteiger partial charge in [0.05, 0.1) is 17.8 Å². The summed E-state index contributed by atoms with van der Waals surface area (Å²) in [6.07, 6.45) is 4.43. The van der Waals surface area contributed by atoms with Crippen LogP contribution in [0.3, 0.4) is 0 Å². The van der Waals surface area contributed by atoms with Crippen molar-refractivity contribution in [2.45, 2.75) is 18.9 Å². The number of pyridine rings is 1. The number of hydrogen-bond acceptors (Lipinski definition) is 3. The zero-order valence-electron chi connectivity index (χ0n) is 10.3. The minimum Gasteiger partial charge on any atom is -0.331 e. The molecule has 3 nitrogen and oxygen atoms in total. The van der Waals surface area contributed by atoms with Gasteiger partial charge in [-0.1, -0.05) is 0 Å². The van der Waals surface area contributed by atoms with Crippen LogP contribution in [0.2, 0.25) is 0 Å². The number of rotatable bonds is 2. The third-order valence-electron chi connectivity index (χ3n) is 3.44. The minimum absolute atomic E-state index is 0.0753. The maximum atomic E-state index is 13.7. The minimum atomic E-state index is -0.552. The molecule has 0 bridgehead atoms. The Morgan fingerprint density at radius 3 is 3.11 bits per heavy atom. The van der Waals surface area contributed by atoms with E-state index in [0.29, 0.717) is 6.54 Å². The molecule has 19 heavy (non-hydrogen) atoms. The topological polar surface area (TPSA) is 33.2 Å². The van der Waals surface area contributed by atoms with Crippen molar-refractivity contribution in [1.82, 2.24) is 9.88 Å². The molecule has 0 radical (unpaired) electrons. The van der Waals surface area contributed by atoms with E-state index in [1.807, 2.05) is 11.4 Å². The van der Waals surface area contributed by atoms with Crippen LogP contribution in [0.4, 0.5) is 4.39 Å². The standard InChI is InChI=1S/C14H13FN2OS/c15-12-8-16-5-3-11(12)14(18)17-6-1-2-13(17)10-4-7-19-9-10/h3-5,7-9,13H,1-2,6H2. The molecule has 1 amide bonds. The third-order valence-corrected chi connectivity index (χ3v) is 4.15. The van der Waals surface area contributed by atoms with E-state index in [1.165, 1.54) is 12.3 Å². The Labute approximate surface area is 114 Å². The molecule has 1 unspecified atom stereocenters. The van der Waals surface area contributed by atoms with Crippen molar-refractivity contribution in [2.75, 3.05) is 6.54 Å². The zero-order chi connectivity index (χ0) is 13.2. The molecule has 5 heteroatoms. The maximum absolute atomic E-state index is 13.7. The average Bonchev–Trinajstić information content (AvgIpc) is 3.09.